The topological polar surface area (TPSA) is 55.5 Å². The molecule has 0 unspecified atom stereocenters. The minimum absolute atomic E-state index is 0.132. The third kappa shape index (κ3) is 4.83. The Morgan fingerprint density at radius 3 is 2.58 bits per heavy atom. The van der Waals surface area contributed by atoms with E-state index in [1.54, 1.807) is 6.07 Å². The van der Waals surface area contributed by atoms with Crippen LogP contribution >= 0.6 is 0 Å². The number of aryl methyl sites for hydroxylation is 2. The van der Waals surface area contributed by atoms with E-state index in [1.807, 2.05) is 38.1 Å². The van der Waals surface area contributed by atoms with Crippen molar-refractivity contribution in [2.45, 2.75) is 33.6 Å². The Labute approximate surface area is 185 Å². The van der Waals surface area contributed by atoms with Gasteiger partial charge in [-0.1, -0.05) is 37.5 Å². The maximum Gasteiger partial charge on any atom is 0.141 e. The van der Waals surface area contributed by atoms with Gasteiger partial charge in [0.2, 0.25) is 0 Å². The van der Waals surface area contributed by atoms with E-state index in [4.69, 9.17) is 10.5 Å². The van der Waals surface area contributed by atoms with Crippen LogP contribution < -0.4 is 10.5 Å². The molecule has 1 aliphatic carbocycles. The Morgan fingerprint density at radius 2 is 1.94 bits per heavy atom. The molecule has 0 radical (unpaired) electrons. The van der Waals surface area contributed by atoms with E-state index in [2.05, 4.69) is 44.4 Å². The second-order valence-electron chi connectivity index (χ2n) is 7.92. The highest BCUT2D eigenvalue weighted by molar-refractivity contribution is 5.95. The quantitative estimate of drug-likeness (QED) is 0.312. The van der Waals surface area contributed by atoms with E-state index in [0.29, 0.717) is 12.3 Å². The summed E-state index contributed by atoms with van der Waals surface area (Å²) in [6, 6.07) is 10.0. The summed E-state index contributed by atoms with van der Waals surface area (Å²) < 4.78 is 5.98. The van der Waals surface area contributed by atoms with E-state index >= 15 is 0 Å². The number of hydrogen-bond acceptors (Lipinski definition) is 3. The van der Waals surface area contributed by atoms with E-state index < -0.39 is 0 Å². The van der Waals surface area contributed by atoms with Crippen LogP contribution in [0.15, 0.2) is 78.4 Å². The van der Waals surface area contributed by atoms with Gasteiger partial charge in [0.1, 0.15) is 18.1 Å². The van der Waals surface area contributed by atoms with Gasteiger partial charge in [-0.3, -0.25) is 0 Å². The number of phenols is 1. The molecule has 31 heavy (non-hydrogen) atoms. The highest BCUT2D eigenvalue weighted by Gasteiger charge is 2.19. The molecule has 0 spiro atoms. The molecule has 0 atom stereocenters. The van der Waals surface area contributed by atoms with Crippen molar-refractivity contribution in [1.29, 1.82) is 0 Å². The van der Waals surface area contributed by atoms with Gasteiger partial charge in [0.05, 0.1) is 5.69 Å². The molecule has 0 heterocycles. The first-order valence-corrected chi connectivity index (χ1v) is 10.5. The molecule has 0 bridgehead atoms. The normalized spacial score (nSPS) is 15.5. The summed E-state index contributed by atoms with van der Waals surface area (Å²) in [5.41, 5.74) is 14.9. The molecular formula is C28H31NO2. The van der Waals surface area contributed by atoms with Crippen molar-refractivity contribution >= 4 is 17.3 Å². The number of rotatable bonds is 6. The van der Waals surface area contributed by atoms with Gasteiger partial charge in [-0.05, 0) is 109 Å². The number of anilines is 1. The maximum absolute atomic E-state index is 10.1. The zero-order chi connectivity index (χ0) is 22.5. The molecule has 0 saturated heterocycles. The fourth-order valence-corrected chi connectivity index (χ4v) is 3.83. The summed E-state index contributed by atoms with van der Waals surface area (Å²) in [5, 5.41) is 10.1. The molecule has 3 N–H and O–H groups in total. The third-order valence-electron chi connectivity index (χ3n) is 5.74. The second kappa shape index (κ2) is 9.57. The SMILES string of the molecule is C=CC1=C(C=C)/C(=C/c2cc(C)c(O)c(N)c2)c2ccc(OC/C(C)=C/C)cc2CC1. The van der Waals surface area contributed by atoms with Crippen LogP contribution in [0.2, 0.25) is 0 Å². The van der Waals surface area contributed by atoms with Crippen molar-refractivity contribution in [3.63, 3.8) is 0 Å². The van der Waals surface area contributed by atoms with Crippen LogP contribution in [0.4, 0.5) is 5.69 Å². The molecule has 0 fully saturated rings. The van der Waals surface area contributed by atoms with Crippen molar-refractivity contribution < 1.29 is 9.84 Å². The van der Waals surface area contributed by atoms with Crippen LogP contribution in [0.5, 0.6) is 11.5 Å². The number of benzene rings is 2. The fourth-order valence-electron chi connectivity index (χ4n) is 3.83. The minimum atomic E-state index is 0.132. The molecule has 1 aliphatic rings. The van der Waals surface area contributed by atoms with Gasteiger partial charge in [0, 0.05) is 0 Å². The Bertz CT molecular complexity index is 1090. The van der Waals surface area contributed by atoms with Crippen LogP contribution in [-0.4, -0.2) is 11.7 Å². The average Bonchev–Trinajstić information content (AvgIpc) is 2.91. The highest BCUT2D eigenvalue weighted by atomic mass is 16.5. The van der Waals surface area contributed by atoms with Crippen molar-refractivity contribution in [2.75, 3.05) is 12.3 Å². The summed E-state index contributed by atoms with van der Waals surface area (Å²) in [6.07, 6.45) is 9.75. The Hall–Kier alpha value is -3.46. The Kier molecular flexibility index (Phi) is 6.86. The van der Waals surface area contributed by atoms with E-state index in [-0.39, 0.29) is 5.75 Å². The molecular weight excluding hydrogens is 382 g/mol. The lowest BCUT2D eigenvalue weighted by molar-refractivity contribution is 0.351. The van der Waals surface area contributed by atoms with Crippen molar-refractivity contribution in [3.8, 4) is 11.5 Å². The largest absolute Gasteiger partial charge is 0.506 e. The standard InChI is InChI=1S/C28H31NO2/c1-6-18(4)17-31-23-11-12-25-22(16-23)10-9-21(7-2)24(8-3)26(25)14-20-13-19(5)28(30)27(29)15-20/h6-8,11-16,30H,2-3,9-10,17,29H2,1,4-5H3/b18-6+,26-14-. The summed E-state index contributed by atoms with van der Waals surface area (Å²) in [6.45, 7) is 14.6. The molecule has 3 heteroatoms. The number of nitrogens with two attached hydrogens (primary N) is 1. The molecule has 0 saturated carbocycles. The zero-order valence-electron chi connectivity index (χ0n) is 18.7. The highest BCUT2D eigenvalue weighted by Crippen LogP contribution is 2.39. The number of ether oxygens (including phenoxy) is 1. The van der Waals surface area contributed by atoms with Gasteiger partial charge >= 0.3 is 0 Å². The summed E-state index contributed by atoms with van der Waals surface area (Å²) >= 11 is 0. The lowest BCUT2D eigenvalue weighted by Gasteiger charge is -2.15. The van der Waals surface area contributed by atoms with Crippen LogP contribution in [0, 0.1) is 6.92 Å². The Morgan fingerprint density at radius 1 is 1.16 bits per heavy atom. The minimum Gasteiger partial charge on any atom is -0.506 e. The first-order valence-electron chi connectivity index (χ1n) is 10.5. The van der Waals surface area contributed by atoms with Crippen LogP contribution in [0.1, 0.15) is 42.5 Å². The van der Waals surface area contributed by atoms with Gasteiger partial charge < -0.3 is 15.6 Å². The number of hydrogen-bond donors (Lipinski definition) is 2. The van der Waals surface area contributed by atoms with Gasteiger partial charge in [0.25, 0.3) is 0 Å². The van der Waals surface area contributed by atoms with Gasteiger partial charge in [0.15, 0.2) is 0 Å². The summed E-state index contributed by atoms with van der Waals surface area (Å²) in [5.74, 6) is 0.999. The smallest absolute Gasteiger partial charge is 0.141 e. The molecule has 2 aromatic rings. The number of fused-ring (bicyclic) bond motifs is 1. The maximum atomic E-state index is 10.1. The van der Waals surface area contributed by atoms with Gasteiger partial charge in [-0.25, -0.2) is 0 Å². The number of nitrogen functional groups attached to an aromatic ring is 1. The van der Waals surface area contributed by atoms with Crippen molar-refractivity contribution in [3.05, 3.63) is 101 Å². The predicted molar refractivity (Wildman–Crippen MR) is 132 cm³/mol. The number of allylic oxidation sites excluding steroid dienone is 6. The summed E-state index contributed by atoms with van der Waals surface area (Å²) in [4.78, 5) is 0. The molecule has 0 aromatic heterocycles. The average molecular weight is 414 g/mol. The van der Waals surface area contributed by atoms with E-state index in [1.165, 1.54) is 11.1 Å². The number of phenolic OH excluding ortho intramolecular Hbond substituents is 1. The third-order valence-corrected chi connectivity index (χ3v) is 5.74. The van der Waals surface area contributed by atoms with Crippen LogP contribution in [0.3, 0.4) is 0 Å². The van der Waals surface area contributed by atoms with Crippen molar-refractivity contribution in [2.24, 2.45) is 0 Å². The van der Waals surface area contributed by atoms with Crippen molar-refractivity contribution in [1.82, 2.24) is 0 Å². The van der Waals surface area contributed by atoms with Gasteiger partial charge in [-0.2, -0.15) is 0 Å². The molecule has 0 amide bonds. The Balaban J connectivity index is 2.14. The second-order valence-corrected chi connectivity index (χ2v) is 7.92. The predicted octanol–water partition coefficient (Wildman–Crippen LogP) is 6.78. The van der Waals surface area contributed by atoms with E-state index in [9.17, 15) is 5.11 Å². The monoisotopic (exact) mass is 413 g/mol. The molecule has 3 nitrogen and oxygen atoms in total. The molecule has 3 rings (SSSR count). The lowest BCUT2D eigenvalue weighted by atomic mass is 9.91. The van der Waals surface area contributed by atoms with Crippen LogP contribution in [0.25, 0.3) is 11.6 Å². The lowest BCUT2D eigenvalue weighted by Crippen LogP contribution is -2.00. The van der Waals surface area contributed by atoms with Gasteiger partial charge in [-0.15, -0.1) is 0 Å². The summed E-state index contributed by atoms with van der Waals surface area (Å²) in [7, 11) is 0. The number of aromatic hydroxyl groups is 1. The fraction of sp³-hybridized carbons (Fsp3) is 0.214. The van der Waals surface area contributed by atoms with E-state index in [0.717, 1.165) is 52.0 Å². The van der Waals surface area contributed by atoms with Crippen LogP contribution in [-0.2, 0) is 6.42 Å². The molecule has 160 valence electrons. The first-order chi connectivity index (χ1) is 14.9. The molecule has 0 aliphatic heterocycles. The zero-order valence-corrected chi connectivity index (χ0v) is 18.7. The first kappa shape index (κ1) is 22.2. The molecule has 2 aromatic carbocycles.